The summed E-state index contributed by atoms with van der Waals surface area (Å²) in [4.78, 5) is 20.2. The highest BCUT2D eigenvalue weighted by Crippen LogP contribution is 2.32. The second kappa shape index (κ2) is 8.39. The number of nitrogens with zero attached hydrogens (tertiary/aromatic N) is 1. The number of carbonyl (C=O) groups is 1. The Morgan fingerprint density at radius 2 is 1.93 bits per heavy atom. The summed E-state index contributed by atoms with van der Waals surface area (Å²) in [6.45, 7) is 3.07. The second-order valence-electron chi connectivity index (χ2n) is 6.47. The van der Waals surface area contributed by atoms with Gasteiger partial charge in [0.05, 0.1) is 11.4 Å². The smallest absolute Gasteiger partial charge is 0.234 e. The van der Waals surface area contributed by atoms with Crippen LogP contribution in [0.5, 0.6) is 11.5 Å². The van der Waals surface area contributed by atoms with Crippen molar-refractivity contribution in [1.82, 2.24) is 9.97 Å². The first-order valence-corrected chi connectivity index (χ1v) is 10.1. The lowest BCUT2D eigenvalue weighted by molar-refractivity contribution is -0.113. The number of nitrogens with one attached hydrogen (secondary N) is 2. The van der Waals surface area contributed by atoms with Gasteiger partial charge in [0.25, 0.3) is 0 Å². The first kappa shape index (κ1) is 18.4. The third-order valence-corrected chi connectivity index (χ3v) is 5.22. The molecule has 1 aliphatic rings. The van der Waals surface area contributed by atoms with Gasteiger partial charge in [0.15, 0.2) is 16.7 Å². The number of H-pyrrole nitrogens is 1. The van der Waals surface area contributed by atoms with Crippen LogP contribution in [0, 0.1) is 6.92 Å². The van der Waals surface area contributed by atoms with Gasteiger partial charge in [-0.15, -0.1) is 0 Å². The molecule has 6 nitrogen and oxygen atoms in total. The van der Waals surface area contributed by atoms with E-state index in [0.29, 0.717) is 30.4 Å². The first-order valence-electron chi connectivity index (χ1n) is 9.09. The molecule has 3 aromatic rings. The molecular weight excluding hydrogens is 374 g/mol. The molecule has 0 spiro atoms. The summed E-state index contributed by atoms with van der Waals surface area (Å²) in [6.07, 6.45) is 0.771. The van der Waals surface area contributed by atoms with E-state index in [2.05, 4.69) is 27.4 Å². The van der Waals surface area contributed by atoms with Gasteiger partial charge in [0.2, 0.25) is 5.91 Å². The van der Waals surface area contributed by atoms with Gasteiger partial charge in [-0.1, -0.05) is 42.1 Å². The van der Waals surface area contributed by atoms with Crippen molar-refractivity contribution in [3.8, 4) is 11.5 Å². The Labute approximate surface area is 167 Å². The molecule has 0 radical (unpaired) electrons. The molecule has 4 rings (SSSR count). The third-order valence-electron chi connectivity index (χ3n) is 4.34. The monoisotopic (exact) mass is 395 g/mol. The first-order chi connectivity index (χ1) is 13.7. The summed E-state index contributed by atoms with van der Waals surface area (Å²) in [5.41, 5.74) is 3.93. The molecule has 1 amide bonds. The highest BCUT2D eigenvalue weighted by molar-refractivity contribution is 7.99. The Balaban J connectivity index is 1.33. The van der Waals surface area contributed by atoms with Crippen molar-refractivity contribution in [2.75, 3.05) is 24.3 Å². The van der Waals surface area contributed by atoms with Crippen LogP contribution in [0.2, 0.25) is 0 Å². The largest absolute Gasteiger partial charge is 0.486 e. The normalized spacial score (nSPS) is 12.6. The zero-order valence-electron chi connectivity index (χ0n) is 15.5. The minimum atomic E-state index is -0.0969. The van der Waals surface area contributed by atoms with Gasteiger partial charge in [0.1, 0.15) is 13.2 Å². The maximum Gasteiger partial charge on any atom is 0.234 e. The molecule has 0 aliphatic carbocycles. The molecular formula is C21H21N3O3S. The van der Waals surface area contributed by atoms with Crippen LogP contribution in [0.4, 0.5) is 5.69 Å². The van der Waals surface area contributed by atoms with Crippen molar-refractivity contribution in [3.05, 3.63) is 65.5 Å². The van der Waals surface area contributed by atoms with Crippen LogP contribution >= 0.6 is 11.8 Å². The van der Waals surface area contributed by atoms with Gasteiger partial charge < -0.3 is 19.8 Å². The second-order valence-corrected chi connectivity index (χ2v) is 7.44. The summed E-state index contributed by atoms with van der Waals surface area (Å²) < 4.78 is 11.0. The molecule has 0 saturated carbocycles. The number of thioether (sulfide) groups is 1. The van der Waals surface area contributed by atoms with Crippen LogP contribution in [0.3, 0.4) is 0 Å². The standard InChI is InChI=1S/C21H21N3O3S/c1-14-17(11-15-5-3-2-4-6-15)24-21(22-14)28-13-20(25)23-16-7-8-18-19(12-16)27-10-9-26-18/h2-8,12H,9-11,13H2,1H3,(H,22,24)(H,23,25). The van der Waals surface area contributed by atoms with E-state index in [0.717, 1.165) is 23.0 Å². The third kappa shape index (κ3) is 4.48. The molecule has 2 heterocycles. The quantitative estimate of drug-likeness (QED) is 0.621. The predicted octanol–water partition coefficient (Wildman–Crippen LogP) is 3.81. The van der Waals surface area contributed by atoms with Crippen LogP contribution in [0.25, 0.3) is 0 Å². The van der Waals surface area contributed by atoms with Crippen molar-refractivity contribution < 1.29 is 14.3 Å². The van der Waals surface area contributed by atoms with Crippen LogP contribution in [0.15, 0.2) is 53.7 Å². The van der Waals surface area contributed by atoms with Crippen molar-refractivity contribution in [3.63, 3.8) is 0 Å². The summed E-state index contributed by atoms with van der Waals surface area (Å²) in [6, 6.07) is 15.6. The molecule has 144 valence electrons. The number of ether oxygens (including phenoxy) is 2. The van der Waals surface area contributed by atoms with E-state index in [4.69, 9.17) is 9.47 Å². The van der Waals surface area contributed by atoms with E-state index in [1.807, 2.05) is 37.3 Å². The number of aromatic nitrogens is 2. The summed E-state index contributed by atoms with van der Waals surface area (Å²) >= 11 is 1.39. The average Bonchev–Trinajstić information content (AvgIpc) is 3.06. The number of anilines is 1. The Bertz CT molecular complexity index is 972. The number of carbonyl (C=O) groups excluding carboxylic acids is 1. The van der Waals surface area contributed by atoms with Crippen molar-refractivity contribution in [2.24, 2.45) is 0 Å². The van der Waals surface area contributed by atoms with E-state index < -0.39 is 0 Å². The Kier molecular flexibility index (Phi) is 5.53. The lowest BCUT2D eigenvalue weighted by Crippen LogP contribution is -2.17. The fraction of sp³-hybridized carbons (Fsp3) is 0.238. The van der Waals surface area contributed by atoms with Gasteiger partial charge >= 0.3 is 0 Å². The topological polar surface area (TPSA) is 76.2 Å². The minimum absolute atomic E-state index is 0.0969. The molecule has 0 fully saturated rings. The minimum Gasteiger partial charge on any atom is -0.486 e. The number of aromatic amines is 1. The zero-order valence-corrected chi connectivity index (χ0v) is 16.3. The molecule has 1 aromatic heterocycles. The van der Waals surface area contributed by atoms with E-state index >= 15 is 0 Å². The fourth-order valence-electron chi connectivity index (χ4n) is 2.95. The summed E-state index contributed by atoms with van der Waals surface area (Å²) in [7, 11) is 0. The van der Waals surface area contributed by atoms with E-state index in [9.17, 15) is 4.79 Å². The highest BCUT2D eigenvalue weighted by atomic mass is 32.2. The SMILES string of the molecule is Cc1[nH]c(SCC(=O)Nc2ccc3c(c2)OCCO3)nc1Cc1ccccc1. The van der Waals surface area contributed by atoms with E-state index in [1.165, 1.54) is 17.3 Å². The number of hydrogen-bond acceptors (Lipinski definition) is 5. The van der Waals surface area contributed by atoms with Crippen molar-refractivity contribution in [1.29, 1.82) is 0 Å². The lowest BCUT2D eigenvalue weighted by atomic mass is 10.1. The van der Waals surface area contributed by atoms with Gasteiger partial charge in [-0.25, -0.2) is 4.98 Å². The molecule has 0 unspecified atom stereocenters. The lowest BCUT2D eigenvalue weighted by Gasteiger charge is -2.18. The predicted molar refractivity (Wildman–Crippen MR) is 109 cm³/mol. The molecule has 7 heteroatoms. The highest BCUT2D eigenvalue weighted by Gasteiger charge is 2.14. The summed E-state index contributed by atoms with van der Waals surface area (Å²) in [5, 5.41) is 3.64. The Morgan fingerprint density at radius 1 is 1.14 bits per heavy atom. The Hall–Kier alpha value is -2.93. The number of imidazole rings is 1. The molecule has 2 N–H and O–H groups in total. The van der Waals surface area contributed by atoms with Gasteiger partial charge in [-0.05, 0) is 24.6 Å². The van der Waals surface area contributed by atoms with Crippen LogP contribution in [-0.4, -0.2) is 34.8 Å². The Morgan fingerprint density at radius 3 is 2.75 bits per heavy atom. The molecule has 1 aliphatic heterocycles. The van der Waals surface area contributed by atoms with Crippen LogP contribution in [-0.2, 0) is 11.2 Å². The van der Waals surface area contributed by atoms with Gasteiger partial charge in [-0.3, -0.25) is 4.79 Å². The number of fused-ring (bicyclic) bond motifs is 1. The number of aryl methyl sites for hydroxylation is 1. The van der Waals surface area contributed by atoms with E-state index in [1.54, 1.807) is 6.07 Å². The number of benzene rings is 2. The van der Waals surface area contributed by atoms with Gasteiger partial charge in [-0.2, -0.15) is 0 Å². The van der Waals surface area contributed by atoms with Gasteiger partial charge in [0, 0.05) is 23.9 Å². The molecule has 0 saturated heterocycles. The molecule has 0 atom stereocenters. The molecule has 2 aromatic carbocycles. The fourth-order valence-corrected chi connectivity index (χ4v) is 3.69. The number of rotatable bonds is 6. The maximum atomic E-state index is 12.3. The van der Waals surface area contributed by atoms with Crippen molar-refractivity contribution in [2.45, 2.75) is 18.5 Å². The average molecular weight is 395 g/mol. The summed E-state index contributed by atoms with van der Waals surface area (Å²) in [5.74, 6) is 1.53. The van der Waals surface area contributed by atoms with E-state index in [-0.39, 0.29) is 11.7 Å². The number of amides is 1. The molecule has 28 heavy (non-hydrogen) atoms. The van der Waals surface area contributed by atoms with Crippen molar-refractivity contribution >= 4 is 23.4 Å². The van der Waals surface area contributed by atoms with Crippen LogP contribution < -0.4 is 14.8 Å². The number of hydrogen-bond donors (Lipinski definition) is 2. The maximum absolute atomic E-state index is 12.3. The van der Waals surface area contributed by atoms with Crippen LogP contribution in [0.1, 0.15) is 17.0 Å². The molecule has 0 bridgehead atoms. The zero-order chi connectivity index (χ0) is 19.3.